The summed E-state index contributed by atoms with van der Waals surface area (Å²) in [5, 5.41) is -0.191. The van der Waals surface area contributed by atoms with E-state index in [1.807, 2.05) is 0 Å². The van der Waals surface area contributed by atoms with Crippen LogP contribution in [-0.2, 0) is 9.53 Å². The van der Waals surface area contributed by atoms with Crippen LogP contribution in [0.3, 0.4) is 0 Å². The lowest BCUT2D eigenvalue weighted by Gasteiger charge is -2.00. The summed E-state index contributed by atoms with van der Waals surface area (Å²) in [4.78, 5) is 14.3. The van der Waals surface area contributed by atoms with Crippen LogP contribution in [0.2, 0.25) is 0 Å². The van der Waals surface area contributed by atoms with Gasteiger partial charge in [0.1, 0.15) is 5.16 Å². The van der Waals surface area contributed by atoms with Crippen LogP contribution in [0.4, 0.5) is 4.39 Å². The molecule has 0 heterocycles. The van der Waals surface area contributed by atoms with Crippen molar-refractivity contribution in [2.45, 2.75) is 6.92 Å². The second-order valence-corrected chi connectivity index (χ2v) is 2.44. The first-order chi connectivity index (χ1) is 6.02. The van der Waals surface area contributed by atoms with Crippen LogP contribution in [0.25, 0.3) is 0 Å². The van der Waals surface area contributed by atoms with E-state index in [4.69, 9.17) is 11.6 Å². The van der Waals surface area contributed by atoms with Crippen LogP contribution in [-0.4, -0.2) is 19.8 Å². The molecule has 0 N–H and O–H groups in total. The second-order valence-electron chi connectivity index (χ2n) is 2.09. The highest BCUT2D eigenvalue weighted by Gasteiger charge is 2.12. The number of esters is 1. The average Bonchev–Trinajstić information content (AvgIpc) is 2.11. The van der Waals surface area contributed by atoms with Crippen molar-refractivity contribution in [3.05, 3.63) is 22.6 Å². The fraction of sp³-hybridized carbons (Fsp3) is 0.250. The molecule has 0 aromatic rings. The molecule has 0 bridgehead atoms. The minimum Gasteiger partial charge on any atom is -0.465 e. The van der Waals surface area contributed by atoms with Gasteiger partial charge in [-0.25, -0.2) is 9.18 Å². The molecule has 72 valence electrons. The number of carbonyl (C=O) groups excluding carboxylic acids is 1. The number of aliphatic imine (C=N–C) groups is 1. The topological polar surface area (TPSA) is 38.7 Å². The van der Waals surface area contributed by atoms with E-state index >= 15 is 0 Å². The van der Waals surface area contributed by atoms with Crippen molar-refractivity contribution in [1.82, 2.24) is 0 Å². The van der Waals surface area contributed by atoms with Gasteiger partial charge in [0.15, 0.2) is 0 Å². The molecule has 0 atom stereocenters. The maximum Gasteiger partial charge on any atom is 0.341 e. The van der Waals surface area contributed by atoms with Crippen LogP contribution >= 0.6 is 11.6 Å². The Morgan fingerprint density at radius 2 is 2.23 bits per heavy atom. The third kappa shape index (κ3) is 3.85. The molecule has 0 unspecified atom stereocenters. The van der Waals surface area contributed by atoms with Gasteiger partial charge in [0, 0.05) is 0 Å². The zero-order valence-electron chi connectivity index (χ0n) is 7.30. The first kappa shape index (κ1) is 11.8. The highest BCUT2D eigenvalue weighted by Crippen LogP contribution is 2.15. The smallest absolute Gasteiger partial charge is 0.341 e. The number of nitrogens with zero attached hydrogens (tertiary/aromatic N) is 1. The minimum atomic E-state index is -0.755. The van der Waals surface area contributed by atoms with E-state index in [1.165, 1.54) is 6.92 Å². The minimum absolute atomic E-state index is 0.154. The third-order valence-electron chi connectivity index (χ3n) is 1.11. The number of ether oxygens (including phenoxy) is 1. The number of methoxy groups -OCH3 is 1. The predicted octanol–water partition coefficient (Wildman–Crippen LogP) is 2.18. The molecule has 0 saturated carbocycles. The zero-order valence-corrected chi connectivity index (χ0v) is 8.06. The Morgan fingerprint density at radius 1 is 1.69 bits per heavy atom. The lowest BCUT2D eigenvalue weighted by Crippen LogP contribution is -2.04. The lowest BCUT2D eigenvalue weighted by molar-refractivity contribution is -0.135. The number of hydrogen-bond donors (Lipinski definition) is 0. The van der Waals surface area contributed by atoms with Gasteiger partial charge in [0.2, 0.25) is 0 Å². The molecule has 5 heteroatoms. The van der Waals surface area contributed by atoms with E-state index in [0.717, 1.165) is 13.2 Å². The molecular weight excluding hydrogens is 197 g/mol. The molecule has 13 heavy (non-hydrogen) atoms. The van der Waals surface area contributed by atoms with Gasteiger partial charge >= 0.3 is 5.97 Å². The Hall–Kier alpha value is -1.16. The van der Waals surface area contributed by atoms with Crippen molar-refractivity contribution in [3.8, 4) is 0 Å². The summed E-state index contributed by atoms with van der Waals surface area (Å²) < 4.78 is 16.8. The summed E-state index contributed by atoms with van der Waals surface area (Å²) in [5.74, 6) is -1.32. The Morgan fingerprint density at radius 3 is 2.54 bits per heavy atom. The molecule has 0 radical (unpaired) electrons. The fourth-order valence-electron chi connectivity index (χ4n) is 0.597. The summed E-state index contributed by atoms with van der Waals surface area (Å²) in [6.07, 6.45) is 0.933. The molecule has 0 aliphatic rings. The highest BCUT2D eigenvalue weighted by molar-refractivity contribution is 6.32. The van der Waals surface area contributed by atoms with Gasteiger partial charge in [0.05, 0.1) is 18.5 Å². The quantitative estimate of drug-likeness (QED) is 0.233. The summed E-state index contributed by atoms with van der Waals surface area (Å²) >= 11 is 5.49. The molecule has 0 fully saturated rings. The van der Waals surface area contributed by atoms with Gasteiger partial charge in [-0.05, 0) is 19.7 Å². The highest BCUT2D eigenvalue weighted by atomic mass is 35.5. The van der Waals surface area contributed by atoms with Crippen molar-refractivity contribution in [2.24, 2.45) is 4.99 Å². The van der Waals surface area contributed by atoms with Crippen LogP contribution in [0, 0.1) is 0 Å². The Labute approximate surface area is 80.6 Å². The SMILES string of the molecule is C=N/C(Cl)=C(\C=C(/C)F)C(=O)OC. The van der Waals surface area contributed by atoms with Crippen LogP contribution in [0.1, 0.15) is 6.92 Å². The number of carbonyl (C=O) groups is 1. The molecule has 0 aromatic heterocycles. The summed E-state index contributed by atoms with van der Waals surface area (Å²) in [7, 11) is 1.16. The van der Waals surface area contributed by atoms with Gasteiger partial charge < -0.3 is 4.74 Å². The molecule has 0 saturated heterocycles. The van der Waals surface area contributed by atoms with Gasteiger partial charge in [-0.15, -0.1) is 0 Å². The predicted molar refractivity (Wildman–Crippen MR) is 49.3 cm³/mol. The van der Waals surface area contributed by atoms with E-state index in [0.29, 0.717) is 0 Å². The number of rotatable bonds is 3. The molecule has 0 rings (SSSR count). The van der Waals surface area contributed by atoms with Crippen LogP contribution in [0.5, 0.6) is 0 Å². The van der Waals surface area contributed by atoms with Crippen molar-refractivity contribution in [3.63, 3.8) is 0 Å². The van der Waals surface area contributed by atoms with Crippen molar-refractivity contribution >= 4 is 24.3 Å². The first-order valence-corrected chi connectivity index (χ1v) is 3.69. The van der Waals surface area contributed by atoms with Crippen molar-refractivity contribution in [1.29, 1.82) is 0 Å². The molecule has 0 amide bonds. The fourth-order valence-corrected chi connectivity index (χ4v) is 0.728. The zero-order chi connectivity index (χ0) is 10.4. The second kappa shape index (κ2) is 5.48. The third-order valence-corrected chi connectivity index (χ3v) is 1.43. The monoisotopic (exact) mass is 205 g/mol. The summed E-state index contributed by atoms with van der Waals surface area (Å²) in [5.41, 5.74) is -0.154. The van der Waals surface area contributed by atoms with E-state index in [-0.39, 0.29) is 10.7 Å². The number of hydrogen-bond acceptors (Lipinski definition) is 3. The average molecular weight is 206 g/mol. The molecule has 0 aliphatic carbocycles. The van der Waals surface area contributed by atoms with Crippen molar-refractivity contribution in [2.75, 3.05) is 7.11 Å². The van der Waals surface area contributed by atoms with Crippen molar-refractivity contribution < 1.29 is 13.9 Å². The summed E-state index contributed by atoms with van der Waals surface area (Å²) in [6, 6.07) is 0. The maximum atomic E-state index is 12.4. The Balaban J connectivity index is 5.10. The molecule has 0 aliphatic heterocycles. The van der Waals surface area contributed by atoms with Gasteiger partial charge in [-0.1, -0.05) is 11.6 Å². The van der Waals surface area contributed by atoms with Gasteiger partial charge in [-0.2, -0.15) is 0 Å². The largest absolute Gasteiger partial charge is 0.465 e. The van der Waals surface area contributed by atoms with E-state index in [1.54, 1.807) is 0 Å². The standard InChI is InChI=1S/C8H9ClFNO2/c1-5(10)4-6(7(9)11-2)8(12)13-3/h4H,2H2,1,3H3/b5-4+,7-6+. The Kier molecular flexibility index (Phi) is 4.99. The van der Waals surface area contributed by atoms with Crippen LogP contribution < -0.4 is 0 Å². The lowest BCUT2D eigenvalue weighted by atomic mass is 10.2. The molecule has 0 aromatic carbocycles. The van der Waals surface area contributed by atoms with Gasteiger partial charge in [-0.3, -0.25) is 4.99 Å². The molecule has 3 nitrogen and oxygen atoms in total. The van der Waals surface area contributed by atoms with Gasteiger partial charge in [0.25, 0.3) is 0 Å². The summed E-state index contributed by atoms with van der Waals surface area (Å²) in [6.45, 7) is 4.28. The Bertz CT molecular complexity index is 280. The van der Waals surface area contributed by atoms with Crippen LogP contribution in [0.15, 0.2) is 27.6 Å². The van der Waals surface area contributed by atoms with E-state index < -0.39 is 11.8 Å². The molecule has 0 spiro atoms. The number of allylic oxidation sites excluding steroid dienone is 1. The number of halogens is 2. The maximum absolute atomic E-state index is 12.4. The van der Waals surface area contributed by atoms with E-state index in [2.05, 4.69) is 16.4 Å². The normalized spacial score (nSPS) is 13.4. The van der Waals surface area contributed by atoms with E-state index in [9.17, 15) is 9.18 Å². The molecular formula is C8H9ClFNO2. The first-order valence-electron chi connectivity index (χ1n) is 3.31.